The average Bonchev–Trinajstić information content (AvgIpc) is 2.77. The molecular formula is C24H38N4O2. The molecule has 2 fully saturated rings. The van der Waals surface area contributed by atoms with Crippen LogP contribution in [-0.2, 0) is 22.6 Å². The lowest BCUT2D eigenvalue weighted by Gasteiger charge is -2.33. The molecule has 3 rings (SSSR count). The fourth-order valence-electron chi connectivity index (χ4n) is 4.49. The van der Waals surface area contributed by atoms with E-state index >= 15 is 0 Å². The van der Waals surface area contributed by atoms with Gasteiger partial charge in [-0.25, -0.2) is 0 Å². The topological polar surface area (TPSA) is 57.2 Å². The summed E-state index contributed by atoms with van der Waals surface area (Å²) in [6.07, 6.45) is 5.65. The maximum atomic E-state index is 11.9. The molecule has 0 aromatic heterocycles. The van der Waals surface area contributed by atoms with Gasteiger partial charge in [0.25, 0.3) is 0 Å². The van der Waals surface area contributed by atoms with E-state index in [0.717, 1.165) is 45.0 Å². The zero-order valence-electron chi connectivity index (χ0n) is 18.9. The zero-order chi connectivity index (χ0) is 21.3. The zero-order valence-corrected chi connectivity index (χ0v) is 18.9. The number of nitrogens with one attached hydrogen (secondary N) is 1. The van der Waals surface area contributed by atoms with Gasteiger partial charge in [-0.1, -0.05) is 30.7 Å². The molecule has 0 spiro atoms. The first-order valence-electron chi connectivity index (χ1n) is 11.5. The number of hydrogen-bond acceptors (Lipinski definition) is 4. The third-order valence-electron chi connectivity index (χ3n) is 6.43. The third kappa shape index (κ3) is 6.21. The highest BCUT2D eigenvalue weighted by molar-refractivity contribution is 5.80. The molecule has 1 aromatic carbocycles. The highest BCUT2D eigenvalue weighted by Gasteiger charge is 2.27. The molecular weight excluding hydrogens is 376 g/mol. The van der Waals surface area contributed by atoms with Gasteiger partial charge in [0.15, 0.2) is 5.96 Å². The van der Waals surface area contributed by atoms with Gasteiger partial charge in [-0.15, -0.1) is 0 Å². The number of carbonyl (C=O) groups excluding carboxylic acids is 1. The molecule has 1 aromatic rings. The highest BCUT2D eigenvalue weighted by atomic mass is 16.5. The van der Waals surface area contributed by atoms with Gasteiger partial charge in [0, 0.05) is 39.3 Å². The van der Waals surface area contributed by atoms with E-state index in [-0.39, 0.29) is 11.9 Å². The number of guanidine groups is 1. The fourth-order valence-corrected chi connectivity index (χ4v) is 4.49. The number of ether oxygens (including phenoxy) is 1. The molecule has 1 atom stereocenters. The molecule has 6 heteroatoms. The van der Waals surface area contributed by atoms with Crippen LogP contribution >= 0.6 is 0 Å². The highest BCUT2D eigenvalue weighted by Crippen LogP contribution is 2.20. The van der Waals surface area contributed by atoms with Gasteiger partial charge in [0.1, 0.15) is 0 Å². The van der Waals surface area contributed by atoms with Crippen molar-refractivity contribution in [2.45, 2.75) is 65.1 Å². The molecule has 2 saturated heterocycles. The van der Waals surface area contributed by atoms with Crippen LogP contribution in [0.4, 0.5) is 0 Å². The summed E-state index contributed by atoms with van der Waals surface area (Å²) in [5.74, 6) is 0.872. The van der Waals surface area contributed by atoms with Crippen LogP contribution in [0, 0.1) is 5.92 Å². The molecule has 0 saturated carbocycles. The van der Waals surface area contributed by atoms with Crippen molar-refractivity contribution in [1.29, 1.82) is 0 Å². The molecule has 2 aliphatic heterocycles. The molecule has 166 valence electrons. The summed E-state index contributed by atoms with van der Waals surface area (Å²) >= 11 is 0. The van der Waals surface area contributed by atoms with Crippen molar-refractivity contribution in [2.75, 3.05) is 33.3 Å². The molecule has 30 heavy (non-hydrogen) atoms. The first kappa shape index (κ1) is 22.6. The molecule has 1 N–H and O–H groups in total. The monoisotopic (exact) mass is 414 g/mol. The number of nitrogens with zero attached hydrogens (tertiary/aromatic N) is 3. The van der Waals surface area contributed by atoms with Crippen molar-refractivity contribution in [3.8, 4) is 0 Å². The van der Waals surface area contributed by atoms with Crippen LogP contribution in [0.15, 0.2) is 29.3 Å². The van der Waals surface area contributed by atoms with Gasteiger partial charge >= 0.3 is 5.97 Å². The Morgan fingerprint density at radius 3 is 2.43 bits per heavy atom. The van der Waals surface area contributed by atoms with Crippen molar-refractivity contribution in [3.05, 3.63) is 35.4 Å². The Morgan fingerprint density at radius 2 is 1.80 bits per heavy atom. The third-order valence-corrected chi connectivity index (χ3v) is 6.43. The average molecular weight is 415 g/mol. The maximum Gasteiger partial charge on any atom is 0.309 e. The number of piperidine rings is 2. The van der Waals surface area contributed by atoms with Gasteiger partial charge in [-0.05, 0) is 57.2 Å². The van der Waals surface area contributed by atoms with Crippen molar-refractivity contribution in [3.63, 3.8) is 0 Å². The first-order valence-corrected chi connectivity index (χ1v) is 11.5. The minimum atomic E-state index is -0.0564. The van der Waals surface area contributed by atoms with E-state index in [1.807, 2.05) is 14.0 Å². The second kappa shape index (κ2) is 11.3. The van der Waals surface area contributed by atoms with Crippen molar-refractivity contribution in [2.24, 2.45) is 10.9 Å². The van der Waals surface area contributed by atoms with Crippen LogP contribution in [0.1, 0.15) is 57.1 Å². The van der Waals surface area contributed by atoms with Crippen LogP contribution in [0.5, 0.6) is 0 Å². The number of carbonyl (C=O) groups is 1. The standard InChI is InChI=1S/C24H38N4O2/c1-4-30-23(29)22-12-15-27(16-13-22)24(25-3)26-17-20-8-10-21(11-9-20)18-28-14-6-5-7-19(28)2/h8-11,19,22H,4-7,12-18H2,1-3H3,(H,25,26). The van der Waals surface area contributed by atoms with Gasteiger partial charge in [-0.3, -0.25) is 14.7 Å². The quantitative estimate of drug-likeness (QED) is 0.439. The molecule has 0 amide bonds. The number of rotatable bonds is 6. The van der Waals surface area contributed by atoms with Crippen LogP contribution in [0.2, 0.25) is 0 Å². The summed E-state index contributed by atoms with van der Waals surface area (Å²) in [7, 11) is 1.82. The first-order chi connectivity index (χ1) is 14.6. The Hall–Kier alpha value is -2.08. The van der Waals surface area contributed by atoms with Crippen LogP contribution in [0.25, 0.3) is 0 Å². The Labute approximate surface area is 181 Å². The summed E-state index contributed by atoms with van der Waals surface area (Å²) in [5.41, 5.74) is 2.64. The van der Waals surface area contributed by atoms with E-state index in [4.69, 9.17) is 4.74 Å². The van der Waals surface area contributed by atoms with E-state index in [2.05, 4.69) is 51.3 Å². The Bertz CT molecular complexity index is 696. The molecule has 6 nitrogen and oxygen atoms in total. The molecule has 0 radical (unpaired) electrons. The van der Waals surface area contributed by atoms with E-state index in [9.17, 15) is 4.79 Å². The molecule has 2 aliphatic rings. The Morgan fingerprint density at radius 1 is 1.10 bits per heavy atom. The maximum absolute atomic E-state index is 11.9. The number of aliphatic imine (C=N–C) groups is 1. The predicted molar refractivity (Wildman–Crippen MR) is 121 cm³/mol. The minimum absolute atomic E-state index is 0.0227. The van der Waals surface area contributed by atoms with E-state index < -0.39 is 0 Å². The Balaban J connectivity index is 1.45. The van der Waals surface area contributed by atoms with Gasteiger partial charge in [0.2, 0.25) is 0 Å². The van der Waals surface area contributed by atoms with Crippen LogP contribution in [0.3, 0.4) is 0 Å². The summed E-state index contributed by atoms with van der Waals surface area (Å²) in [6.45, 7) is 9.34. The van der Waals surface area contributed by atoms with Crippen molar-refractivity contribution in [1.82, 2.24) is 15.1 Å². The summed E-state index contributed by atoms with van der Waals surface area (Å²) in [4.78, 5) is 21.2. The minimum Gasteiger partial charge on any atom is -0.466 e. The van der Waals surface area contributed by atoms with Gasteiger partial charge in [0.05, 0.1) is 12.5 Å². The van der Waals surface area contributed by atoms with E-state index in [0.29, 0.717) is 12.6 Å². The Kier molecular flexibility index (Phi) is 8.55. The predicted octanol–water partition coefficient (Wildman–Crippen LogP) is 3.41. The molecule has 0 bridgehead atoms. The normalized spacial score (nSPS) is 21.5. The molecule has 0 aliphatic carbocycles. The largest absolute Gasteiger partial charge is 0.466 e. The number of likely N-dealkylation sites (tertiary alicyclic amines) is 2. The lowest BCUT2D eigenvalue weighted by molar-refractivity contribution is -0.149. The number of hydrogen-bond donors (Lipinski definition) is 1. The van der Waals surface area contributed by atoms with Crippen molar-refractivity contribution < 1.29 is 9.53 Å². The smallest absolute Gasteiger partial charge is 0.309 e. The van der Waals surface area contributed by atoms with Crippen LogP contribution < -0.4 is 5.32 Å². The number of esters is 1. The fraction of sp³-hybridized carbons (Fsp3) is 0.667. The van der Waals surface area contributed by atoms with E-state index in [1.165, 1.54) is 36.9 Å². The van der Waals surface area contributed by atoms with Gasteiger partial charge in [-0.2, -0.15) is 0 Å². The summed E-state index contributed by atoms with van der Waals surface area (Å²) in [5, 5.41) is 3.48. The molecule has 1 unspecified atom stereocenters. The van der Waals surface area contributed by atoms with Crippen LogP contribution in [-0.4, -0.2) is 61.1 Å². The summed E-state index contributed by atoms with van der Waals surface area (Å²) < 4.78 is 5.17. The SMILES string of the molecule is CCOC(=O)C1CCN(C(=NC)NCc2ccc(CN3CCCCC3C)cc2)CC1. The van der Waals surface area contributed by atoms with Gasteiger partial charge < -0.3 is 15.0 Å². The molecule has 2 heterocycles. The summed E-state index contributed by atoms with van der Waals surface area (Å²) in [6, 6.07) is 9.64. The second-order valence-electron chi connectivity index (χ2n) is 8.55. The number of benzene rings is 1. The van der Waals surface area contributed by atoms with E-state index in [1.54, 1.807) is 0 Å². The van der Waals surface area contributed by atoms with Crippen molar-refractivity contribution >= 4 is 11.9 Å². The second-order valence-corrected chi connectivity index (χ2v) is 8.55. The lowest BCUT2D eigenvalue weighted by atomic mass is 9.97. The lowest BCUT2D eigenvalue weighted by Crippen LogP contribution is -2.46.